The van der Waals surface area contributed by atoms with Crippen molar-refractivity contribution in [2.45, 2.75) is 19.4 Å². The predicted octanol–water partition coefficient (Wildman–Crippen LogP) is 0.546. The molecule has 0 spiro atoms. The number of esters is 2. The lowest BCUT2D eigenvalue weighted by Crippen LogP contribution is -2.24. The van der Waals surface area contributed by atoms with Gasteiger partial charge in [-0.15, -0.1) is 0 Å². The zero-order chi connectivity index (χ0) is 25.6. The van der Waals surface area contributed by atoms with Gasteiger partial charge in [-0.1, -0.05) is 0 Å². The Morgan fingerprint density at radius 3 is 2.57 bits per heavy atom. The molecule has 186 valence electrons. The van der Waals surface area contributed by atoms with Crippen LogP contribution in [0.3, 0.4) is 0 Å². The van der Waals surface area contributed by atoms with Gasteiger partial charge in [0.25, 0.3) is 5.56 Å². The number of nitrogens with zero attached hydrogens (tertiary/aromatic N) is 3. The normalized spacial score (nSPS) is 13.6. The third-order valence-electron chi connectivity index (χ3n) is 5.16. The molecule has 3 aromatic rings. The lowest BCUT2D eigenvalue weighted by molar-refractivity contribution is -0.146. The Morgan fingerprint density at radius 2 is 1.91 bits per heavy atom. The Balaban J connectivity index is 1.67. The first kappa shape index (κ1) is 25.8. The van der Waals surface area contributed by atoms with Crippen molar-refractivity contribution in [1.29, 1.82) is 0 Å². The second-order valence-corrected chi connectivity index (χ2v) is 9.89. The van der Waals surface area contributed by atoms with Crippen LogP contribution in [0.4, 0.5) is 11.6 Å². The summed E-state index contributed by atoms with van der Waals surface area (Å²) in [6.45, 7) is 0.223. The van der Waals surface area contributed by atoms with E-state index >= 15 is 0 Å². The van der Waals surface area contributed by atoms with Gasteiger partial charge in [0, 0.05) is 23.6 Å². The van der Waals surface area contributed by atoms with Gasteiger partial charge in [-0.25, -0.2) is 9.97 Å². The first-order chi connectivity index (χ1) is 16.6. The summed E-state index contributed by atoms with van der Waals surface area (Å²) in [7, 11) is -1.53. The number of benzene rings is 1. The molecule has 0 saturated heterocycles. The van der Waals surface area contributed by atoms with Crippen LogP contribution in [0.2, 0.25) is 0 Å². The van der Waals surface area contributed by atoms with Crippen LogP contribution in [0.15, 0.2) is 35.3 Å². The maximum absolute atomic E-state index is 13.0. The first-order valence-electron chi connectivity index (χ1n) is 10.5. The molecule has 0 fully saturated rings. The molecule has 0 bridgehead atoms. The SMILES string of the molecule is COC(=O)CCC(CP(=O)(O)c1ccc(NCc2cnc3nc(N)[nH]c(=O)c3n2)cc1)C(=O)OC. The number of aromatic amines is 1. The van der Waals surface area contributed by atoms with Crippen LogP contribution >= 0.6 is 7.37 Å². The standard InChI is InChI=1S/C21H25N6O7P/c1-33-16(28)8-3-12(20(30)34-2)11-35(31,32)15-6-4-13(5-7-15)23-9-14-10-24-18-17(25-14)19(29)27-21(22)26-18/h4-7,10,12,23H,3,8-9,11H2,1-2H3,(H,31,32)(H3,22,24,26,27,29). The van der Waals surface area contributed by atoms with E-state index in [-0.39, 0.29) is 48.0 Å². The number of carbonyl (C=O) groups excluding carboxylic acids is 2. The predicted molar refractivity (Wildman–Crippen MR) is 127 cm³/mol. The second-order valence-electron chi connectivity index (χ2n) is 7.60. The lowest BCUT2D eigenvalue weighted by Gasteiger charge is -2.19. The second kappa shape index (κ2) is 11.1. The van der Waals surface area contributed by atoms with Crippen molar-refractivity contribution in [2.75, 3.05) is 31.4 Å². The van der Waals surface area contributed by atoms with E-state index in [9.17, 15) is 23.8 Å². The fourth-order valence-electron chi connectivity index (χ4n) is 3.31. The molecular weight excluding hydrogens is 479 g/mol. The van der Waals surface area contributed by atoms with Crippen molar-refractivity contribution in [3.8, 4) is 0 Å². The Bertz CT molecular complexity index is 1330. The Hall–Kier alpha value is -3.83. The molecule has 2 aromatic heterocycles. The molecule has 0 saturated carbocycles. The lowest BCUT2D eigenvalue weighted by atomic mass is 10.1. The van der Waals surface area contributed by atoms with E-state index in [1.807, 2.05) is 0 Å². The van der Waals surface area contributed by atoms with Crippen LogP contribution in [0.5, 0.6) is 0 Å². The number of H-pyrrole nitrogens is 1. The number of anilines is 2. The molecule has 5 N–H and O–H groups in total. The number of aromatic nitrogens is 4. The molecule has 0 radical (unpaired) electrons. The number of nitrogens with one attached hydrogen (secondary N) is 2. The summed E-state index contributed by atoms with van der Waals surface area (Å²) in [5.74, 6) is -2.18. The monoisotopic (exact) mass is 504 g/mol. The summed E-state index contributed by atoms with van der Waals surface area (Å²) in [5, 5.41) is 3.23. The van der Waals surface area contributed by atoms with Crippen molar-refractivity contribution in [2.24, 2.45) is 5.92 Å². The van der Waals surface area contributed by atoms with E-state index in [2.05, 4.69) is 30.0 Å². The van der Waals surface area contributed by atoms with E-state index in [0.29, 0.717) is 11.4 Å². The number of carbonyl (C=O) groups is 2. The summed E-state index contributed by atoms with van der Waals surface area (Å²) < 4.78 is 22.3. The van der Waals surface area contributed by atoms with Gasteiger partial charge in [0.2, 0.25) is 13.3 Å². The smallest absolute Gasteiger partial charge is 0.309 e. The number of nitrogen functional groups attached to an aromatic ring is 1. The number of hydrogen-bond acceptors (Lipinski definition) is 11. The van der Waals surface area contributed by atoms with E-state index in [1.54, 1.807) is 12.1 Å². The molecule has 1 aromatic carbocycles. The van der Waals surface area contributed by atoms with E-state index in [0.717, 1.165) is 0 Å². The van der Waals surface area contributed by atoms with Crippen LogP contribution < -0.4 is 21.9 Å². The van der Waals surface area contributed by atoms with Crippen molar-refractivity contribution < 1.29 is 28.5 Å². The molecule has 2 atom stereocenters. The maximum atomic E-state index is 13.0. The third kappa shape index (κ3) is 6.61. The first-order valence-corrected chi connectivity index (χ1v) is 12.3. The van der Waals surface area contributed by atoms with Crippen LogP contribution in [0.25, 0.3) is 11.2 Å². The Kier molecular flexibility index (Phi) is 8.15. The van der Waals surface area contributed by atoms with Crippen molar-refractivity contribution in [3.05, 3.63) is 46.5 Å². The average molecular weight is 504 g/mol. The maximum Gasteiger partial charge on any atom is 0.309 e. The zero-order valence-corrected chi connectivity index (χ0v) is 19.9. The van der Waals surface area contributed by atoms with Gasteiger partial charge in [0.05, 0.1) is 38.6 Å². The van der Waals surface area contributed by atoms with Crippen LogP contribution in [-0.4, -0.2) is 57.1 Å². The molecule has 0 aliphatic carbocycles. The largest absolute Gasteiger partial charge is 0.469 e. The summed E-state index contributed by atoms with van der Waals surface area (Å²) in [5.41, 5.74) is 6.28. The number of methoxy groups -OCH3 is 2. The fraction of sp³-hybridized carbons (Fsp3) is 0.333. The number of hydrogen-bond donors (Lipinski definition) is 4. The topological polar surface area (TPSA) is 199 Å². The van der Waals surface area contributed by atoms with Gasteiger partial charge in [0.1, 0.15) is 0 Å². The molecule has 0 amide bonds. The molecule has 35 heavy (non-hydrogen) atoms. The fourth-order valence-corrected chi connectivity index (χ4v) is 5.06. The quantitative estimate of drug-likeness (QED) is 0.221. The molecule has 2 unspecified atom stereocenters. The van der Waals surface area contributed by atoms with Crippen LogP contribution in [-0.2, 0) is 30.2 Å². The van der Waals surface area contributed by atoms with Crippen molar-refractivity contribution in [3.63, 3.8) is 0 Å². The summed E-state index contributed by atoms with van der Waals surface area (Å²) >= 11 is 0. The summed E-state index contributed by atoms with van der Waals surface area (Å²) in [4.78, 5) is 60.7. The highest BCUT2D eigenvalue weighted by molar-refractivity contribution is 7.66. The van der Waals surface area contributed by atoms with Gasteiger partial charge < -0.3 is 25.4 Å². The Morgan fingerprint density at radius 1 is 1.20 bits per heavy atom. The number of nitrogens with two attached hydrogens (primary N) is 1. The summed E-state index contributed by atoms with van der Waals surface area (Å²) in [6.07, 6.45) is 1.04. The molecule has 0 aliphatic rings. The van der Waals surface area contributed by atoms with Crippen molar-refractivity contribution in [1.82, 2.24) is 19.9 Å². The van der Waals surface area contributed by atoms with E-state index in [4.69, 9.17) is 10.5 Å². The van der Waals surface area contributed by atoms with Crippen LogP contribution in [0.1, 0.15) is 18.5 Å². The van der Waals surface area contributed by atoms with E-state index in [1.165, 1.54) is 32.5 Å². The minimum absolute atomic E-state index is 0.0290. The molecule has 0 aliphatic heterocycles. The van der Waals surface area contributed by atoms with Crippen molar-refractivity contribution >= 4 is 47.4 Å². The average Bonchev–Trinajstić information content (AvgIpc) is 2.84. The minimum Gasteiger partial charge on any atom is -0.469 e. The molecular formula is C21H25N6O7P. The van der Waals surface area contributed by atoms with Gasteiger partial charge >= 0.3 is 11.9 Å². The molecule has 3 rings (SSSR count). The third-order valence-corrected chi connectivity index (χ3v) is 7.20. The number of fused-ring (bicyclic) bond motifs is 1. The highest BCUT2D eigenvalue weighted by Gasteiger charge is 2.31. The van der Waals surface area contributed by atoms with Crippen LogP contribution in [0, 0.1) is 5.92 Å². The number of ether oxygens (including phenoxy) is 2. The Labute approximate surface area is 199 Å². The zero-order valence-electron chi connectivity index (χ0n) is 19.1. The van der Waals surface area contributed by atoms with Gasteiger partial charge in [0.15, 0.2) is 11.2 Å². The highest BCUT2D eigenvalue weighted by atomic mass is 31.2. The summed E-state index contributed by atoms with van der Waals surface area (Å²) in [6, 6.07) is 6.15. The van der Waals surface area contributed by atoms with Gasteiger partial charge in [-0.05, 0) is 30.7 Å². The molecule has 14 heteroatoms. The van der Waals surface area contributed by atoms with Gasteiger partial charge in [-0.3, -0.25) is 23.9 Å². The van der Waals surface area contributed by atoms with E-state index < -0.39 is 30.8 Å². The molecule has 13 nitrogen and oxygen atoms in total. The molecule has 2 heterocycles. The number of rotatable bonds is 10. The van der Waals surface area contributed by atoms with Gasteiger partial charge in [-0.2, -0.15) is 4.98 Å². The minimum atomic E-state index is -3.93. The highest BCUT2D eigenvalue weighted by Crippen LogP contribution is 2.42.